The van der Waals surface area contributed by atoms with Gasteiger partial charge in [0.05, 0.1) is 18.1 Å². The van der Waals surface area contributed by atoms with Crippen LogP contribution in [-0.2, 0) is 17.6 Å². The summed E-state index contributed by atoms with van der Waals surface area (Å²) in [6.45, 7) is 1.91. The lowest BCUT2D eigenvalue weighted by atomic mass is 9.97. The maximum atomic E-state index is 10.7. The van der Waals surface area contributed by atoms with Gasteiger partial charge in [-0.2, -0.15) is 5.26 Å². The topological polar surface area (TPSA) is 61.1 Å². The van der Waals surface area contributed by atoms with Crippen molar-refractivity contribution in [3.05, 3.63) is 33.3 Å². The Morgan fingerprint density at radius 2 is 2.20 bits per heavy atom. The van der Waals surface area contributed by atoms with Crippen molar-refractivity contribution < 1.29 is 9.90 Å². The lowest BCUT2D eigenvalue weighted by Gasteiger charge is -2.09. The van der Waals surface area contributed by atoms with Gasteiger partial charge in [0.25, 0.3) is 0 Å². The van der Waals surface area contributed by atoms with Crippen molar-refractivity contribution >= 4 is 21.9 Å². The lowest BCUT2D eigenvalue weighted by Crippen LogP contribution is -2.06. The lowest BCUT2D eigenvalue weighted by molar-refractivity contribution is -0.136. The average molecular weight is 268 g/mol. The van der Waals surface area contributed by atoms with Crippen LogP contribution < -0.4 is 0 Å². The van der Waals surface area contributed by atoms with E-state index in [4.69, 9.17) is 10.4 Å². The first kappa shape index (κ1) is 11.7. The van der Waals surface area contributed by atoms with Crippen LogP contribution in [0.5, 0.6) is 0 Å². The van der Waals surface area contributed by atoms with E-state index in [1.807, 2.05) is 6.92 Å². The van der Waals surface area contributed by atoms with Crippen LogP contribution in [-0.4, -0.2) is 11.1 Å². The summed E-state index contributed by atoms with van der Waals surface area (Å²) in [6, 6.07) is 5.49. The summed E-state index contributed by atoms with van der Waals surface area (Å²) in [5, 5.41) is 17.7. The highest BCUT2D eigenvalue weighted by molar-refractivity contribution is 9.10. The molecule has 1 aromatic rings. The number of aliphatic carboxylic acids is 1. The Morgan fingerprint density at radius 3 is 2.67 bits per heavy atom. The second-order valence-electron chi connectivity index (χ2n) is 3.09. The van der Waals surface area contributed by atoms with Crippen LogP contribution in [0.1, 0.15) is 23.6 Å². The Hall–Kier alpha value is -1.34. The molecule has 0 atom stereocenters. The monoisotopic (exact) mass is 267 g/mol. The van der Waals surface area contributed by atoms with Gasteiger partial charge in [-0.3, -0.25) is 4.79 Å². The molecule has 0 aliphatic heterocycles. The first-order valence-electron chi connectivity index (χ1n) is 4.52. The number of carboxylic acids is 1. The van der Waals surface area contributed by atoms with Gasteiger partial charge in [-0.15, -0.1) is 0 Å². The van der Waals surface area contributed by atoms with Crippen LogP contribution in [0.25, 0.3) is 0 Å². The fourth-order valence-corrected chi connectivity index (χ4v) is 2.03. The minimum Gasteiger partial charge on any atom is -0.481 e. The van der Waals surface area contributed by atoms with Crippen LogP contribution in [0.4, 0.5) is 0 Å². The molecule has 15 heavy (non-hydrogen) atoms. The van der Waals surface area contributed by atoms with Crippen molar-refractivity contribution in [3.63, 3.8) is 0 Å². The molecule has 0 heterocycles. The number of halogens is 1. The molecule has 0 saturated heterocycles. The van der Waals surface area contributed by atoms with E-state index in [-0.39, 0.29) is 6.42 Å². The van der Waals surface area contributed by atoms with Crippen molar-refractivity contribution in [2.75, 3.05) is 0 Å². The fourth-order valence-electron chi connectivity index (χ4n) is 1.52. The van der Waals surface area contributed by atoms with Gasteiger partial charge in [-0.05, 0) is 29.7 Å². The Bertz CT molecular complexity index is 435. The zero-order chi connectivity index (χ0) is 11.4. The quantitative estimate of drug-likeness (QED) is 0.916. The molecule has 0 amide bonds. The minimum atomic E-state index is -0.888. The van der Waals surface area contributed by atoms with E-state index >= 15 is 0 Å². The van der Waals surface area contributed by atoms with Gasteiger partial charge in [0, 0.05) is 4.47 Å². The SMILES string of the molecule is CCc1c(C#N)ccc(Br)c1CC(=O)O. The summed E-state index contributed by atoms with van der Waals surface area (Å²) in [4.78, 5) is 10.7. The van der Waals surface area contributed by atoms with Crippen LogP contribution in [0, 0.1) is 11.3 Å². The van der Waals surface area contributed by atoms with Crippen LogP contribution in [0.3, 0.4) is 0 Å². The minimum absolute atomic E-state index is 0.0563. The molecule has 1 rings (SSSR count). The first-order chi connectivity index (χ1) is 7.10. The third kappa shape index (κ3) is 2.57. The van der Waals surface area contributed by atoms with Gasteiger partial charge in [0.1, 0.15) is 0 Å². The molecule has 0 aromatic heterocycles. The van der Waals surface area contributed by atoms with E-state index < -0.39 is 5.97 Å². The molecule has 3 nitrogen and oxygen atoms in total. The number of rotatable bonds is 3. The summed E-state index contributed by atoms with van der Waals surface area (Å²) in [5.74, 6) is -0.888. The number of benzene rings is 1. The summed E-state index contributed by atoms with van der Waals surface area (Å²) in [5.41, 5.74) is 2.07. The third-order valence-corrected chi connectivity index (χ3v) is 2.92. The predicted molar refractivity (Wildman–Crippen MR) is 59.6 cm³/mol. The molecular weight excluding hydrogens is 258 g/mol. The maximum absolute atomic E-state index is 10.7. The van der Waals surface area contributed by atoms with Crippen LogP contribution >= 0.6 is 15.9 Å². The molecule has 1 aromatic carbocycles. The van der Waals surface area contributed by atoms with E-state index in [1.54, 1.807) is 12.1 Å². The fraction of sp³-hybridized carbons (Fsp3) is 0.273. The number of carbonyl (C=O) groups is 1. The van der Waals surface area contributed by atoms with E-state index in [1.165, 1.54) is 0 Å². The van der Waals surface area contributed by atoms with Gasteiger partial charge in [0.15, 0.2) is 0 Å². The van der Waals surface area contributed by atoms with E-state index in [2.05, 4.69) is 22.0 Å². The number of nitrogens with zero attached hydrogens (tertiary/aromatic N) is 1. The number of hydrogen-bond donors (Lipinski definition) is 1. The van der Waals surface area contributed by atoms with Crippen molar-refractivity contribution in [2.45, 2.75) is 19.8 Å². The maximum Gasteiger partial charge on any atom is 0.307 e. The molecule has 0 saturated carbocycles. The highest BCUT2D eigenvalue weighted by Gasteiger charge is 2.13. The van der Waals surface area contributed by atoms with E-state index in [0.717, 1.165) is 10.0 Å². The number of hydrogen-bond acceptors (Lipinski definition) is 2. The normalized spacial score (nSPS) is 9.67. The van der Waals surface area contributed by atoms with Gasteiger partial charge in [0.2, 0.25) is 0 Å². The number of nitriles is 1. The molecule has 0 bridgehead atoms. The van der Waals surface area contributed by atoms with Crippen molar-refractivity contribution in [3.8, 4) is 6.07 Å². The van der Waals surface area contributed by atoms with Gasteiger partial charge in [-0.25, -0.2) is 0 Å². The van der Waals surface area contributed by atoms with Crippen LogP contribution in [0.2, 0.25) is 0 Å². The molecule has 78 valence electrons. The van der Waals surface area contributed by atoms with Crippen molar-refractivity contribution in [2.24, 2.45) is 0 Å². The van der Waals surface area contributed by atoms with E-state index in [9.17, 15) is 4.79 Å². The standard InChI is InChI=1S/C11H10BrNO2/c1-2-8-7(6-13)3-4-10(12)9(8)5-11(14)15/h3-4H,2,5H2,1H3,(H,14,15). The summed E-state index contributed by atoms with van der Waals surface area (Å²) >= 11 is 3.31. The number of carboxylic acid groups (broad SMARTS) is 1. The third-order valence-electron chi connectivity index (χ3n) is 2.18. The molecule has 0 fully saturated rings. The van der Waals surface area contributed by atoms with Crippen molar-refractivity contribution in [1.29, 1.82) is 5.26 Å². The highest BCUT2D eigenvalue weighted by atomic mass is 79.9. The molecule has 1 N–H and O–H groups in total. The smallest absolute Gasteiger partial charge is 0.307 e. The second-order valence-corrected chi connectivity index (χ2v) is 3.94. The molecule has 0 aliphatic carbocycles. The van der Waals surface area contributed by atoms with Crippen LogP contribution in [0.15, 0.2) is 16.6 Å². The second kappa shape index (κ2) is 4.94. The predicted octanol–water partition coefficient (Wildman–Crippen LogP) is 2.51. The van der Waals surface area contributed by atoms with Gasteiger partial charge >= 0.3 is 5.97 Å². The molecule has 0 radical (unpaired) electrons. The zero-order valence-corrected chi connectivity index (χ0v) is 9.84. The highest BCUT2D eigenvalue weighted by Crippen LogP contribution is 2.25. The Morgan fingerprint density at radius 1 is 1.53 bits per heavy atom. The Labute approximate surface area is 96.5 Å². The Kier molecular flexibility index (Phi) is 3.87. The average Bonchev–Trinajstić information content (AvgIpc) is 2.20. The molecule has 0 spiro atoms. The van der Waals surface area contributed by atoms with Gasteiger partial charge in [-0.1, -0.05) is 22.9 Å². The van der Waals surface area contributed by atoms with Crippen molar-refractivity contribution in [1.82, 2.24) is 0 Å². The zero-order valence-electron chi connectivity index (χ0n) is 8.25. The van der Waals surface area contributed by atoms with Gasteiger partial charge < -0.3 is 5.11 Å². The summed E-state index contributed by atoms with van der Waals surface area (Å²) in [6.07, 6.45) is 0.601. The Balaban J connectivity index is 3.33. The summed E-state index contributed by atoms with van der Waals surface area (Å²) in [7, 11) is 0. The molecule has 4 heteroatoms. The van der Waals surface area contributed by atoms with E-state index in [0.29, 0.717) is 17.5 Å². The molecular formula is C11H10BrNO2. The molecule has 0 aliphatic rings. The molecule has 0 unspecified atom stereocenters. The summed E-state index contributed by atoms with van der Waals surface area (Å²) < 4.78 is 0.751. The first-order valence-corrected chi connectivity index (χ1v) is 5.31. The largest absolute Gasteiger partial charge is 0.481 e.